The first kappa shape index (κ1) is 17.7. The Morgan fingerprint density at radius 2 is 1.79 bits per heavy atom. The molecule has 0 spiro atoms. The van der Waals surface area contributed by atoms with Crippen molar-refractivity contribution in [2.75, 3.05) is 5.32 Å². The number of hydrogen-bond donors (Lipinski definition) is 2. The van der Waals surface area contributed by atoms with Crippen molar-refractivity contribution in [1.82, 2.24) is 0 Å². The van der Waals surface area contributed by atoms with Gasteiger partial charge in [-0.05, 0) is 35.4 Å². The smallest absolute Gasteiger partial charge is 0.337 e. The summed E-state index contributed by atoms with van der Waals surface area (Å²) in [6.45, 7) is 1.68. The van der Waals surface area contributed by atoms with Crippen LogP contribution in [0.25, 0.3) is 12.2 Å². The fraction of sp³-hybridized carbons (Fsp3) is 0.111. The standard InChI is InChI=1S/C18H15ClFNO3/c1-2-17(22)21-16-8-6-11(9-13(16)18(23)24)3-4-12-5-7-14(19)15(20)10-12/h3-10H,2H2,1H3,(H,21,22)(H,23,24)/b4-3+. The van der Waals surface area contributed by atoms with Crippen molar-refractivity contribution >= 4 is 41.3 Å². The van der Waals surface area contributed by atoms with Crippen molar-refractivity contribution in [1.29, 1.82) is 0 Å². The Bertz CT molecular complexity index is 818. The van der Waals surface area contributed by atoms with Gasteiger partial charge < -0.3 is 10.4 Å². The highest BCUT2D eigenvalue weighted by molar-refractivity contribution is 6.30. The fourth-order valence-corrected chi connectivity index (χ4v) is 2.12. The van der Waals surface area contributed by atoms with Gasteiger partial charge in [0.05, 0.1) is 16.3 Å². The van der Waals surface area contributed by atoms with E-state index in [4.69, 9.17) is 11.6 Å². The number of anilines is 1. The Morgan fingerprint density at radius 3 is 2.38 bits per heavy atom. The molecular formula is C18H15ClFNO3. The van der Waals surface area contributed by atoms with E-state index in [1.165, 1.54) is 24.3 Å². The molecule has 124 valence electrons. The number of rotatable bonds is 5. The number of benzene rings is 2. The lowest BCUT2D eigenvalue weighted by molar-refractivity contribution is -0.115. The number of hydrogen-bond acceptors (Lipinski definition) is 2. The number of carboxylic acid groups (broad SMARTS) is 1. The van der Waals surface area contributed by atoms with Crippen LogP contribution in [0.4, 0.5) is 10.1 Å². The molecule has 0 aliphatic carbocycles. The van der Waals surface area contributed by atoms with Gasteiger partial charge in [-0.15, -0.1) is 0 Å². The van der Waals surface area contributed by atoms with Gasteiger partial charge >= 0.3 is 5.97 Å². The van der Waals surface area contributed by atoms with Gasteiger partial charge in [-0.2, -0.15) is 0 Å². The summed E-state index contributed by atoms with van der Waals surface area (Å²) < 4.78 is 13.4. The van der Waals surface area contributed by atoms with E-state index in [-0.39, 0.29) is 28.6 Å². The van der Waals surface area contributed by atoms with Gasteiger partial charge in [0.1, 0.15) is 5.82 Å². The molecule has 0 unspecified atom stereocenters. The zero-order chi connectivity index (χ0) is 17.7. The van der Waals surface area contributed by atoms with E-state index < -0.39 is 11.8 Å². The molecule has 6 heteroatoms. The molecule has 0 saturated carbocycles. The van der Waals surface area contributed by atoms with Crippen molar-refractivity contribution in [2.45, 2.75) is 13.3 Å². The molecule has 2 aromatic rings. The summed E-state index contributed by atoms with van der Waals surface area (Å²) >= 11 is 5.63. The second-order valence-corrected chi connectivity index (χ2v) is 5.43. The van der Waals surface area contributed by atoms with Crippen LogP contribution in [-0.2, 0) is 4.79 Å². The van der Waals surface area contributed by atoms with Crippen molar-refractivity contribution in [3.63, 3.8) is 0 Å². The summed E-state index contributed by atoms with van der Waals surface area (Å²) in [7, 11) is 0. The lowest BCUT2D eigenvalue weighted by atomic mass is 10.1. The van der Waals surface area contributed by atoms with E-state index in [1.807, 2.05) is 0 Å². The molecule has 0 atom stereocenters. The molecule has 0 saturated heterocycles. The highest BCUT2D eigenvalue weighted by Gasteiger charge is 2.12. The van der Waals surface area contributed by atoms with E-state index in [1.54, 1.807) is 31.2 Å². The van der Waals surface area contributed by atoms with Crippen LogP contribution in [0.2, 0.25) is 5.02 Å². The predicted molar refractivity (Wildman–Crippen MR) is 92.7 cm³/mol. The molecule has 0 aliphatic rings. The molecule has 2 aromatic carbocycles. The maximum Gasteiger partial charge on any atom is 0.337 e. The molecule has 2 N–H and O–H groups in total. The molecule has 0 aromatic heterocycles. The fourth-order valence-electron chi connectivity index (χ4n) is 2.00. The molecule has 0 heterocycles. The summed E-state index contributed by atoms with van der Waals surface area (Å²) in [6, 6.07) is 9.02. The molecular weight excluding hydrogens is 333 g/mol. The Morgan fingerprint density at radius 1 is 1.17 bits per heavy atom. The lowest BCUT2D eigenvalue weighted by Crippen LogP contribution is -2.13. The van der Waals surface area contributed by atoms with Gasteiger partial charge in [0.25, 0.3) is 0 Å². The Labute approximate surface area is 143 Å². The van der Waals surface area contributed by atoms with Gasteiger partial charge in [0.2, 0.25) is 5.91 Å². The first-order valence-corrected chi connectivity index (χ1v) is 7.59. The highest BCUT2D eigenvalue weighted by Crippen LogP contribution is 2.21. The highest BCUT2D eigenvalue weighted by atomic mass is 35.5. The van der Waals surface area contributed by atoms with Crippen LogP contribution in [0, 0.1) is 5.82 Å². The third-order valence-electron chi connectivity index (χ3n) is 3.28. The van der Waals surface area contributed by atoms with Gasteiger partial charge in [0.15, 0.2) is 0 Å². The minimum Gasteiger partial charge on any atom is -0.478 e. The van der Waals surface area contributed by atoms with Crippen LogP contribution in [0.1, 0.15) is 34.8 Å². The first-order chi connectivity index (χ1) is 11.4. The topological polar surface area (TPSA) is 66.4 Å². The van der Waals surface area contributed by atoms with Crippen LogP contribution < -0.4 is 5.32 Å². The van der Waals surface area contributed by atoms with E-state index >= 15 is 0 Å². The normalized spacial score (nSPS) is 10.8. The number of carbonyl (C=O) groups excluding carboxylic acids is 1. The van der Waals surface area contributed by atoms with Gasteiger partial charge in [0, 0.05) is 6.42 Å². The molecule has 0 bridgehead atoms. The van der Waals surface area contributed by atoms with E-state index in [0.29, 0.717) is 11.1 Å². The third kappa shape index (κ3) is 4.43. The first-order valence-electron chi connectivity index (χ1n) is 7.21. The monoisotopic (exact) mass is 347 g/mol. The van der Waals surface area contributed by atoms with E-state index in [2.05, 4.69) is 5.32 Å². The molecule has 0 radical (unpaired) electrons. The summed E-state index contributed by atoms with van der Waals surface area (Å²) in [6.07, 6.45) is 3.55. The van der Waals surface area contributed by atoms with Crippen LogP contribution in [0.3, 0.4) is 0 Å². The molecule has 1 amide bonds. The third-order valence-corrected chi connectivity index (χ3v) is 3.59. The number of carboxylic acids is 1. The quantitative estimate of drug-likeness (QED) is 0.771. The minimum atomic E-state index is -1.14. The zero-order valence-corrected chi connectivity index (χ0v) is 13.6. The number of carbonyl (C=O) groups is 2. The number of halogens is 2. The van der Waals surface area contributed by atoms with Crippen LogP contribution in [0.5, 0.6) is 0 Å². The Balaban J connectivity index is 2.29. The van der Waals surface area contributed by atoms with Crippen molar-refractivity contribution in [3.05, 3.63) is 63.9 Å². The number of amides is 1. The summed E-state index contributed by atoms with van der Waals surface area (Å²) in [5.74, 6) is -1.94. The Hall–Kier alpha value is -2.66. The van der Waals surface area contributed by atoms with Crippen LogP contribution in [-0.4, -0.2) is 17.0 Å². The van der Waals surface area contributed by atoms with E-state index in [9.17, 15) is 19.1 Å². The number of aromatic carboxylic acids is 1. The summed E-state index contributed by atoms with van der Waals surface area (Å²) in [4.78, 5) is 22.8. The maximum atomic E-state index is 13.4. The molecule has 0 aliphatic heterocycles. The lowest BCUT2D eigenvalue weighted by Gasteiger charge is -2.08. The summed E-state index contributed by atoms with van der Waals surface area (Å²) in [5.41, 5.74) is 1.43. The average molecular weight is 348 g/mol. The van der Waals surface area contributed by atoms with Gasteiger partial charge in [-0.1, -0.05) is 42.8 Å². The zero-order valence-electron chi connectivity index (χ0n) is 12.8. The van der Waals surface area contributed by atoms with Gasteiger partial charge in [-0.25, -0.2) is 9.18 Å². The predicted octanol–water partition coefficient (Wildman–Crippen LogP) is 4.70. The van der Waals surface area contributed by atoms with Crippen LogP contribution in [0.15, 0.2) is 36.4 Å². The second kappa shape index (κ2) is 7.75. The molecule has 0 fully saturated rings. The second-order valence-electron chi connectivity index (χ2n) is 5.02. The molecule has 2 rings (SSSR count). The van der Waals surface area contributed by atoms with E-state index in [0.717, 1.165) is 0 Å². The minimum absolute atomic E-state index is 0.0127. The van der Waals surface area contributed by atoms with Crippen LogP contribution >= 0.6 is 11.6 Å². The maximum absolute atomic E-state index is 13.4. The largest absolute Gasteiger partial charge is 0.478 e. The van der Waals surface area contributed by atoms with Crippen molar-refractivity contribution < 1.29 is 19.1 Å². The van der Waals surface area contributed by atoms with Gasteiger partial charge in [-0.3, -0.25) is 4.79 Å². The van der Waals surface area contributed by atoms with Crippen molar-refractivity contribution in [3.8, 4) is 0 Å². The number of nitrogens with one attached hydrogen (secondary N) is 1. The SMILES string of the molecule is CCC(=O)Nc1ccc(/C=C/c2ccc(Cl)c(F)c2)cc1C(=O)O. The summed E-state index contributed by atoms with van der Waals surface area (Å²) in [5, 5.41) is 11.9. The molecule has 4 nitrogen and oxygen atoms in total. The molecule has 24 heavy (non-hydrogen) atoms. The van der Waals surface area contributed by atoms with Crippen molar-refractivity contribution in [2.24, 2.45) is 0 Å². The average Bonchev–Trinajstić information content (AvgIpc) is 2.56. The Kier molecular flexibility index (Phi) is 5.71.